The second kappa shape index (κ2) is 4.95. The standard InChI is InChI=1S/C19H14N2O2/c1-11(22)13-6-8-14-17(10-13)21-19(23)18(14)16-9-7-12-4-2-3-5-15(12)20-16/h2-10,20H,1H3,(H,21,23)/b18-16-. The highest BCUT2D eigenvalue weighted by Crippen LogP contribution is 2.37. The van der Waals surface area contributed by atoms with Gasteiger partial charge in [0.25, 0.3) is 5.91 Å². The normalized spacial score (nSPS) is 18.0. The number of carbonyl (C=O) groups excluding carboxylic acids is 2. The van der Waals surface area contributed by atoms with Gasteiger partial charge in [0.05, 0.1) is 11.3 Å². The Bertz CT molecular complexity index is 923. The van der Waals surface area contributed by atoms with Crippen molar-refractivity contribution in [2.75, 3.05) is 10.6 Å². The van der Waals surface area contributed by atoms with Gasteiger partial charge in [-0.15, -0.1) is 0 Å². The van der Waals surface area contributed by atoms with E-state index in [4.69, 9.17) is 0 Å². The van der Waals surface area contributed by atoms with Gasteiger partial charge in [-0.1, -0.05) is 36.4 Å². The Hall–Kier alpha value is -3.14. The van der Waals surface area contributed by atoms with Crippen molar-refractivity contribution < 1.29 is 9.59 Å². The summed E-state index contributed by atoms with van der Waals surface area (Å²) in [4.78, 5) is 23.9. The SMILES string of the molecule is CC(=O)c1ccc2c(c1)NC(=O)/C2=C1/C=Cc2ccccc2N1. The number of fused-ring (bicyclic) bond motifs is 2. The first-order valence-electron chi connectivity index (χ1n) is 7.38. The first-order valence-corrected chi connectivity index (χ1v) is 7.38. The molecule has 0 unspecified atom stereocenters. The first kappa shape index (κ1) is 13.5. The van der Waals surface area contributed by atoms with Crippen LogP contribution in [0, 0.1) is 0 Å². The van der Waals surface area contributed by atoms with E-state index >= 15 is 0 Å². The smallest absolute Gasteiger partial charge is 0.258 e. The van der Waals surface area contributed by atoms with Gasteiger partial charge in [-0.25, -0.2) is 0 Å². The van der Waals surface area contributed by atoms with E-state index < -0.39 is 0 Å². The summed E-state index contributed by atoms with van der Waals surface area (Å²) in [5, 5.41) is 6.15. The maximum atomic E-state index is 12.4. The number of anilines is 2. The van der Waals surface area contributed by atoms with E-state index in [-0.39, 0.29) is 11.7 Å². The summed E-state index contributed by atoms with van der Waals surface area (Å²) in [5.74, 6) is -0.181. The van der Waals surface area contributed by atoms with Crippen LogP contribution in [0.15, 0.2) is 54.2 Å². The number of ketones is 1. The minimum absolute atomic E-state index is 0.0206. The minimum Gasteiger partial charge on any atom is -0.354 e. The Morgan fingerprint density at radius 3 is 2.61 bits per heavy atom. The molecule has 2 N–H and O–H groups in total. The summed E-state index contributed by atoms with van der Waals surface area (Å²) >= 11 is 0. The molecule has 0 aliphatic carbocycles. The summed E-state index contributed by atoms with van der Waals surface area (Å²) in [6.45, 7) is 1.51. The second-order valence-electron chi connectivity index (χ2n) is 5.60. The molecule has 4 nitrogen and oxygen atoms in total. The maximum Gasteiger partial charge on any atom is 0.258 e. The number of Topliss-reactive ketones (excluding diaryl/α,β-unsaturated/α-hetero) is 1. The van der Waals surface area contributed by atoms with E-state index in [0.29, 0.717) is 16.8 Å². The molecule has 4 heteroatoms. The molecule has 0 radical (unpaired) electrons. The monoisotopic (exact) mass is 302 g/mol. The van der Waals surface area contributed by atoms with Crippen molar-refractivity contribution in [2.24, 2.45) is 0 Å². The number of rotatable bonds is 1. The molecule has 0 saturated heterocycles. The molecule has 0 fully saturated rings. The van der Waals surface area contributed by atoms with Crippen LogP contribution in [0.3, 0.4) is 0 Å². The maximum absolute atomic E-state index is 12.4. The number of amides is 1. The largest absolute Gasteiger partial charge is 0.354 e. The van der Waals surface area contributed by atoms with E-state index in [1.54, 1.807) is 12.1 Å². The van der Waals surface area contributed by atoms with E-state index in [1.807, 2.05) is 42.5 Å². The molecule has 0 aromatic heterocycles. The van der Waals surface area contributed by atoms with Crippen LogP contribution in [-0.4, -0.2) is 11.7 Å². The van der Waals surface area contributed by atoms with Gasteiger partial charge in [0.15, 0.2) is 5.78 Å². The molecule has 0 spiro atoms. The van der Waals surface area contributed by atoms with Crippen LogP contribution >= 0.6 is 0 Å². The lowest BCUT2D eigenvalue weighted by Crippen LogP contribution is -2.11. The lowest BCUT2D eigenvalue weighted by Gasteiger charge is -2.17. The van der Waals surface area contributed by atoms with Gasteiger partial charge in [-0.3, -0.25) is 9.59 Å². The fourth-order valence-corrected chi connectivity index (χ4v) is 2.92. The summed E-state index contributed by atoms with van der Waals surface area (Å²) < 4.78 is 0. The molecule has 2 aromatic carbocycles. The van der Waals surface area contributed by atoms with Crippen molar-refractivity contribution in [2.45, 2.75) is 6.92 Å². The van der Waals surface area contributed by atoms with Gasteiger partial charge >= 0.3 is 0 Å². The molecule has 112 valence electrons. The van der Waals surface area contributed by atoms with Crippen LogP contribution in [-0.2, 0) is 4.79 Å². The Morgan fingerprint density at radius 2 is 1.78 bits per heavy atom. The third-order valence-corrected chi connectivity index (χ3v) is 4.10. The molecule has 4 rings (SSSR count). The van der Waals surface area contributed by atoms with Crippen LogP contribution in [0.1, 0.15) is 28.4 Å². The molecule has 0 bridgehead atoms. The van der Waals surface area contributed by atoms with Crippen LogP contribution in [0.5, 0.6) is 0 Å². The third kappa shape index (κ3) is 2.16. The lowest BCUT2D eigenvalue weighted by molar-refractivity contribution is -0.110. The van der Waals surface area contributed by atoms with Gasteiger partial charge in [-0.2, -0.15) is 0 Å². The van der Waals surface area contributed by atoms with Crippen molar-refractivity contribution >= 4 is 34.7 Å². The van der Waals surface area contributed by atoms with Gasteiger partial charge in [-0.05, 0) is 30.7 Å². The molecule has 2 heterocycles. The Morgan fingerprint density at radius 1 is 0.957 bits per heavy atom. The minimum atomic E-state index is -0.160. The Balaban J connectivity index is 1.83. The molecule has 23 heavy (non-hydrogen) atoms. The van der Waals surface area contributed by atoms with E-state index in [1.165, 1.54) is 6.92 Å². The fraction of sp³-hybridized carbons (Fsp3) is 0.0526. The molecule has 0 atom stereocenters. The van der Waals surface area contributed by atoms with Crippen molar-refractivity contribution in [3.8, 4) is 0 Å². The lowest BCUT2D eigenvalue weighted by atomic mass is 9.99. The zero-order valence-electron chi connectivity index (χ0n) is 12.5. The van der Waals surface area contributed by atoms with Crippen LogP contribution in [0.4, 0.5) is 11.4 Å². The van der Waals surface area contributed by atoms with E-state index in [2.05, 4.69) is 10.6 Å². The van der Waals surface area contributed by atoms with Gasteiger partial charge in [0.1, 0.15) is 0 Å². The van der Waals surface area contributed by atoms with Crippen LogP contribution < -0.4 is 10.6 Å². The number of hydrogen-bond acceptors (Lipinski definition) is 3. The van der Waals surface area contributed by atoms with Crippen molar-refractivity contribution in [1.29, 1.82) is 0 Å². The number of carbonyl (C=O) groups is 2. The molecular formula is C19H14N2O2. The highest BCUT2D eigenvalue weighted by Gasteiger charge is 2.28. The van der Waals surface area contributed by atoms with E-state index in [9.17, 15) is 9.59 Å². The summed E-state index contributed by atoms with van der Waals surface area (Å²) in [6.07, 6.45) is 3.90. The van der Waals surface area contributed by atoms with Gasteiger partial charge in [0.2, 0.25) is 0 Å². The Kier molecular flexibility index (Phi) is 2.91. The second-order valence-corrected chi connectivity index (χ2v) is 5.60. The number of para-hydroxylation sites is 1. The van der Waals surface area contributed by atoms with Crippen molar-refractivity contribution in [3.05, 3.63) is 70.9 Å². The highest BCUT2D eigenvalue weighted by molar-refractivity contribution is 6.33. The van der Waals surface area contributed by atoms with Crippen LogP contribution in [0.25, 0.3) is 11.6 Å². The third-order valence-electron chi connectivity index (χ3n) is 4.10. The average molecular weight is 302 g/mol. The van der Waals surface area contributed by atoms with Crippen LogP contribution in [0.2, 0.25) is 0 Å². The summed E-state index contributed by atoms with van der Waals surface area (Å²) in [7, 11) is 0. The van der Waals surface area contributed by atoms with Crippen molar-refractivity contribution in [1.82, 2.24) is 0 Å². The topological polar surface area (TPSA) is 58.2 Å². The van der Waals surface area contributed by atoms with Crippen molar-refractivity contribution in [3.63, 3.8) is 0 Å². The summed E-state index contributed by atoms with van der Waals surface area (Å²) in [5.41, 5.74) is 5.50. The summed E-state index contributed by atoms with van der Waals surface area (Å²) in [6, 6.07) is 13.2. The molecular weight excluding hydrogens is 288 g/mol. The first-order chi connectivity index (χ1) is 11.1. The zero-order valence-corrected chi connectivity index (χ0v) is 12.5. The molecule has 2 aliphatic rings. The number of allylic oxidation sites excluding steroid dienone is 1. The number of hydrogen-bond donors (Lipinski definition) is 2. The molecule has 2 aliphatic heterocycles. The van der Waals surface area contributed by atoms with Gasteiger partial charge < -0.3 is 10.6 Å². The zero-order chi connectivity index (χ0) is 16.0. The average Bonchev–Trinajstić information content (AvgIpc) is 2.89. The molecule has 1 amide bonds. The number of nitrogens with one attached hydrogen (secondary N) is 2. The predicted molar refractivity (Wildman–Crippen MR) is 91.1 cm³/mol. The Labute approximate surface area is 133 Å². The number of benzene rings is 2. The molecule has 2 aromatic rings. The molecule has 0 saturated carbocycles. The quantitative estimate of drug-likeness (QED) is 0.624. The predicted octanol–water partition coefficient (Wildman–Crippen LogP) is 3.69. The van der Waals surface area contributed by atoms with Gasteiger partial charge in [0, 0.05) is 22.5 Å². The highest BCUT2D eigenvalue weighted by atomic mass is 16.2. The van der Waals surface area contributed by atoms with E-state index in [0.717, 1.165) is 22.5 Å². The fourth-order valence-electron chi connectivity index (χ4n) is 2.92.